The normalized spacial score (nSPS) is 23.1. The molecule has 2 rings (SSSR count). The summed E-state index contributed by atoms with van der Waals surface area (Å²) >= 11 is 0. The molecule has 0 amide bonds. The predicted octanol–water partition coefficient (Wildman–Crippen LogP) is -0.0427. The minimum atomic E-state index is -3.10. The Morgan fingerprint density at radius 3 is 2.75 bits per heavy atom. The maximum absolute atomic E-state index is 11.7. The van der Waals surface area contributed by atoms with Crippen LogP contribution in [0, 0.1) is 6.92 Å². The molecule has 112 valence electrons. The number of rotatable bonds is 4. The topological polar surface area (TPSA) is 98.2 Å². The second-order valence-corrected chi connectivity index (χ2v) is 7.37. The van der Waals surface area contributed by atoms with Gasteiger partial charge in [0.1, 0.15) is 6.23 Å². The number of aryl methyl sites for hydroxylation is 1. The van der Waals surface area contributed by atoms with Gasteiger partial charge in [0.2, 0.25) is 0 Å². The summed E-state index contributed by atoms with van der Waals surface area (Å²) in [6, 6.07) is 0. The van der Waals surface area contributed by atoms with Crippen LogP contribution in [0.2, 0.25) is 0 Å². The maximum atomic E-state index is 11.7. The van der Waals surface area contributed by atoms with E-state index in [0.29, 0.717) is 18.4 Å². The van der Waals surface area contributed by atoms with Gasteiger partial charge in [-0.25, -0.2) is 13.2 Å². The average Bonchev–Trinajstić information content (AvgIpc) is 2.81. The van der Waals surface area contributed by atoms with Crippen molar-refractivity contribution in [3.8, 4) is 0 Å². The molecule has 2 atom stereocenters. The molecular weight excluding hydrogens is 284 g/mol. The van der Waals surface area contributed by atoms with Crippen LogP contribution in [-0.2, 0) is 14.6 Å². The number of H-pyrrole nitrogens is 1. The van der Waals surface area contributed by atoms with Crippen molar-refractivity contribution >= 4 is 9.84 Å². The zero-order valence-corrected chi connectivity index (χ0v) is 12.3. The monoisotopic (exact) mass is 302 g/mol. The highest BCUT2D eigenvalue weighted by Gasteiger charge is 2.30. The van der Waals surface area contributed by atoms with Crippen LogP contribution in [-0.4, -0.2) is 35.6 Å². The summed E-state index contributed by atoms with van der Waals surface area (Å²) in [6.07, 6.45) is 1.66. The lowest BCUT2D eigenvalue weighted by atomic mass is 10.2. The molecule has 20 heavy (non-hydrogen) atoms. The average molecular weight is 302 g/mol. The van der Waals surface area contributed by atoms with E-state index in [1.165, 1.54) is 10.8 Å². The second kappa shape index (κ2) is 5.53. The van der Waals surface area contributed by atoms with Crippen molar-refractivity contribution < 1.29 is 13.2 Å². The third-order valence-corrected chi connectivity index (χ3v) is 5.18. The van der Waals surface area contributed by atoms with Gasteiger partial charge < -0.3 is 4.74 Å². The van der Waals surface area contributed by atoms with E-state index >= 15 is 0 Å². The van der Waals surface area contributed by atoms with E-state index in [1.54, 1.807) is 13.8 Å². The zero-order valence-electron chi connectivity index (χ0n) is 11.5. The second-order valence-electron chi connectivity index (χ2n) is 4.97. The predicted molar refractivity (Wildman–Crippen MR) is 73.5 cm³/mol. The third-order valence-electron chi connectivity index (χ3n) is 3.42. The van der Waals surface area contributed by atoms with Crippen molar-refractivity contribution in [3.63, 3.8) is 0 Å². The number of ether oxygens (including phenoxy) is 1. The number of hydrogen-bond donors (Lipinski definition) is 1. The first-order valence-corrected chi connectivity index (χ1v) is 8.32. The molecule has 2 heterocycles. The molecule has 0 aliphatic carbocycles. The molecule has 7 nitrogen and oxygen atoms in total. The summed E-state index contributed by atoms with van der Waals surface area (Å²) in [5, 5.41) is 0. The van der Waals surface area contributed by atoms with Gasteiger partial charge >= 0.3 is 5.69 Å². The quantitative estimate of drug-likeness (QED) is 0.841. The smallest absolute Gasteiger partial charge is 0.330 e. The van der Waals surface area contributed by atoms with E-state index in [0.717, 1.165) is 0 Å². The van der Waals surface area contributed by atoms with Gasteiger partial charge in [0.15, 0.2) is 9.84 Å². The molecule has 1 aliphatic heterocycles. The summed E-state index contributed by atoms with van der Waals surface area (Å²) in [5.41, 5.74) is -0.545. The van der Waals surface area contributed by atoms with Gasteiger partial charge in [-0.2, -0.15) is 0 Å². The molecule has 1 N–H and O–H groups in total. The Morgan fingerprint density at radius 1 is 1.40 bits per heavy atom. The van der Waals surface area contributed by atoms with Crippen LogP contribution in [0.5, 0.6) is 0 Å². The highest BCUT2D eigenvalue weighted by Crippen LogP contribution is 2.27. The largest absolute Gasteiger partial charge is 0.354 e. The molecule has 0 aromatic carbocycles. The van der Waals surface area contributed by atoms with E-state index in [4.69, 9.17) is 4.74 Å². The van der Waals surface area contributed by atoms with Crippen LogP contribution in [0.3, 0.4) is 0 Å². The lowest BCUT2D eigenvalue weighted by Crippen LogP contribution is -2.33. The van der Waals surface area contributed by atoms with E-state index in [2.05, 4.69) is 4.98 Å². The number of nitrogens with one attached hydrogen (secondary N) is 1. The summed E-state index contributed by atoms with van der Waals surface area (Å²) in [5.74, 6) is 0.0479. The lowest BCUT2D eigenvalue weighted by molar-refractivity contribution is 0.00925. The Hall–Kier alpha value is -1.41. The Kier molecular flexibility index (Phi) is 4.14. The van der Waals surface area contributed by atoms with Crippen molar-refractivity contribution in [2.45, 2.75) is 39.0 Å². The van der Waals surface area contributed by atoms with Gasteiger partial charge in [-0.1, -0.05) is 6.92 Å². The van der Waals surface area contributed by atoms with Crippen molar-refractivity contribution in [1.29, 1.82) is 0 Å². The maximum Gasteiger partial charge on any atom is 0.330 e. The molecular formula is C12H18N2O5S. The molecule has 0 saturated carbocycles. The molecule has 0 unspecified atom stereocenters. The Bertz CT molecular complexity index is 703. The molecule has 0 radical (unpaired) electrons. The molecule has 1 aromatic heterocycles. The van der Waals surface area contributed by atoms with Gasteiger partial charge in [0.05, 0.1) is 11.9 Å². The number of hydrogen-bond acceptors (Lipinski definition) is 5. The SMILES string of the molecule is CCS(=O)(=O)C[C@@H]1CC[C@H](n2cc(C)c(=O)[nH]c2=O)O1. The summed E-state index contributed by atoms with van der Waals surface area (Å²) in [6.45, 7) is 3.19. The first-order chi connectivity index (χ1) is 9.32. The lowest BCUT2D eigenvalue weighted by Gasteiger charge is -2.16. The van der Waals surface area contributed by atoms with E-state index in [-0.39, 0.29) is 11.5 Å². The molecule has 0 bridgehead atoms. The molecule has 0 spiro atoms. The Balaban J connectivity index is 2.16. The number of aromatic nitrogens is 2. The van der Waals surface area contributed by atoms with Crippen molar-refractivity contribution in [1.82, 2.24) is 9.55 Å². The first-order valence-electron chi connectivity index (χ1n) is 6.50. The van der Waals surface area contributed by atoms with Crippen LogP contribution < -0.4 is 11.2 Å². The van der Waals surface area contributed by atoms with Crippen LogP contribution in [0.25, 0.3) is 0 Å². The fourth-order valence-corrected chi connectivity index (χ4v) is 3.26. The van der Waals surface area contributed by atoms with Gasteiger partial charge in [0.25, 0.3) is 5.56 Å². The molecule has 8 heteroatoms. The Labute approximate surface area is 116 Å². The van der Waals surface area contributed by atoms with Crippen molar-refractivity contribution in [3.05, 3.63) is 32.6 Å². The Morgan fingerprint density at radius 2 is 2.10 bits per heavy atom. The first kappa shape index (κ1) is 15.0. The highest BCUT2D eigenvalue weighted by molar-refractivity contribution is 7.91. The van der Waals surface area contributed by atoms with Crippen LogP contribution in [0.4, 0.5) is 0 Å². The molecule has 1 aliphatic rings. The standard InChI is InChI=1S/C12H18N2O5S/c1-3-20(17,18)7-9-4-5-10(19-9)14-6-8(2)11(15)13-12(14)16/h6,9-10H,3-5,7H2,1-2H3,(H,13,15,16)/t9-,10+/m0/s1. The van der Waals surface area contributed by atoms with E-state index in [9.17, 15) is 18.0 Å². The number of aromatic amines is 1. The minimum Gasteiger partial charge on any atom is -0.354 e. The van der Waals surface area contributed by atoms with Crippen LogP contribution >= 0.6 is 0 Å². The number of nitrogens with zero attached hydrogens (tertiary/aromatic N) is 1. The van der Waals surface area contributed by atoms with E-state index in [1.807, 2.05) is 0 Å². The number of sulfone groups is 1. The zero-order chi connectivity index (χ0) is 14.9. The molecule has 1 fully saturated rings. The van der Waals surface area contributed by atoms with Gasteiger partial charge in [-0.3, -0.25) is 14.3 Å². The van der Waals surface area contributed by atoms with Crippen LogP contribution in [0.15, 0.2) is 15.8 Å². The van der Waals surface area contributed by atoms with Crippen LogP contribution in [0.1, 0.15) is 31.6 Å². The fourth-order valence-electron chi connectivity index (χ4n) is 2.22. The summed E-state index contributed by atoms with van der Waals surface area (Å²) in [4.78, 5) is 25.3. The van der Waals surface area contributed by atoms with Gasteiger partial charge in [-0.05, 0) is 19.8 Å². The summed E-state index contributed by atoms with van der Waals surface area (Å²) in [7, 11) is -3.10. The highest BCUT2D eigenvalue weighted by atomic mass is 32.2. The molecule has 1 saturated heterocycles. The third kappa shape index (κ3) is 3.18. The van der Waals surface area contributed by atoms with Gasteiger partial charge in [-0.15, -0.1) is 0 Å². The molecule has 1 aromatic rings. The van der Waals surface area contributed by atoms with E-state index < -0.39 is 33.4 Å². The van der Waals surface area contributed by atoms with Gasteiger partial charge in [0, 0.05) is 17.5 Å². The van der Waals surface area contributed by atoms with Crippen molar-refractivity contribution in [2.24, 2.45) is 0 Å². The van der Waals surface area contributed by atoms with Crippen molar-refractivity contribution in [2.75, 3.05) is 11.5 Å². The minimum absolute atomic E-state index is 0.0307. The fraction of sp³-hybridized carbons (Fsp3) is 0.667. The summed E-state index contributed by atoms with van der Waals surface area (Å²) < 4.78 is 30.1.